The number of ether oxygens (including phenoxy) is 1. The number of carbonyl (C=O) groups excluding carboxylic acids is 1. The highest BCUT2D eigenvalue weighted by Gasteiger charge is 2.21. The maximum Gasteiger partial charge on any atom is 0.235 e. The molecule has 4 nitrogen and oxygen atoms in total. The smallest absolute Gasteiger partial charge is 0.235 e. The van der Waals surface area contributed by atoms with E-state index >= 15 is 0 Å². The Balaban J connectivity index is 2.59. The van der Waals surface area contributed by atoms with Gasteiger partial charge in [-0.05, 0) is 38.0 Å². The summed E-state index contributed by atoms with van der Waals surface area (Å²) in [5.41, 5.74) is 0.911. The van der Waals surface area contributed by atoms with Crippen molar-refractivity contribution in [3.63, 3.8) is 0 Å². The standard InChI is InChI=1S/C16H25NO3S/c1-5-7-12(2)17-16(18)13(3)21(19)11-14-8-6-9-15(10-14)20-4/h6,8-10,12-13H,5,7,11H2,1-4H3,(H,17,18). The number of carbonyl (C=O) groups is 1. The lowest BCUT2D eigenvalue weighted by molar-refractivity contribution is -0.121. The third-order valence-electron chi connectivity index (χ3n) is 3.32. The van der Waals surface area contributed by atoms with E-state index in [0.29, 0.717) is 5.75 Å². The number of methoxy groups -OCH3 is 1. The van der Waals surface area contributed by atoms with Gasteiger partial charge in [-0.2, -0.15) is 0 Å². The molecule has 118 valence electrons. The van der Waals surface area contributed by atoms with E-state index in [1.807, 2.05) is 31.2 Å². The highest BCUT2D eigenvalue weighted by atomic mass is 32.2. The van der Waals surface area contributed by atoms with Crippen LogP contribution in [0.4, 0.5) is 0 Å². The van der Waals surface area contributed by atoms with Crippen molar-refractivity contribution in [3.8, 4) is 5.75 Å². The summed E-state index contributed by atoms with van der Waals surface area (Å²) in [6, 6.07) is 7.57. The van der Waals surface area contributed by atoms with E-state index < -0.39 is 16.0 Å². The molecule has 0 radical (unpaired) electrons. The van der Waals surface area contributed by atoms with E-state index in [9.17, 15) is 9.00 Å². The fourth-order valence-corrected chi connectivity index (χ4v) is 3.10. The zero-order chi connectivity index (χ0) is 15.8. The Morgan fingerprint density at radius 2 is 2.10 bits per heavy atom. The number of hydrogen-bond donors (Lipinski definition) is 1. The molecule has 3 unspecified atom stereocenters. The Hall–Kier alpha value is -1.36. The minimum atomic E-state index is -1.24. The third kappa shape index (κ3) is 5.87. The second kappa shape index (κ2) is 8.82. The maximum atomic E-state index is 12.3. The number of benzene rings is 1. The first-order valence-corrected chi connectivity index (χ1v) is 8.66. The van der Waals surface area contributed by atoms with Gasteiger partial charge in [0, 0.05) is 22.6 Å². The van der Waals surface area contributed by atoms with Crippen LogP contribution in [0.1, 0.15) is 39.2 Å². The second-order valence-electron chi connectivity index (χ2n) is 5.22. The van der Waals surface area contributed by atoms with E-state index in [4.69, 9.17) is 4.74 Å². The van der Waals surface area contributed by atoms with Gasteiger partial charge in [0.25, 0.3) is 0 Å². The van der Waals surface area contributed by atoms with Crippen LogP contribution in [0.15, 0.2) is 24.3 Å². The van der Waals surface area contributed by atoms with Gasteiger partial charge in [-0.3, -0.25) is 9.00 Å². The molecule has 0 aliphatic carbocycles. The molecule has 0 heterocycles. The molecule has 0 saturated carbocycles. The molecule has 0 fully saturated rings. The summed E-state index contributed by atoms with van der Waals surface area (Å²) in [5.74, 6) is 0.948. The molecule has 0 aliphatic rings. The number of amides is 1. The Bertz CT molecular complexity index is 490. The van der Waals surface area contributed by atoms with Crippen molar-refractivity contribution >= 4 is 16.7 Å². The average Bonchev–Trinajstić information content (AvgIpc) is 2.46. The maximum absolute atomic E-state index is 12.3. The first-order chi connectivity index (χ1) is 9.97. The first kappa shape index (κ1) is 17.7. The van der Waals surface area contributed by atoms with Gasteiger partial charge in [0.2, 0.25) is 5.91 Å². The minimum Gasteiger partial charge on any atom is -0.497 e. The Kier molecular flexibility index (Phi) is 7.43. The summed E-state index contributed by atoms with van der Waals surface area (Å²) in [4.78, 5) is 12.1. The van der Waals surface area contributed by atoms with E-state index in [2.05, 4.69) is 12.2 Å². The summed E-state index contributed by atoms with van der Waals surface area (Å²) in [7, 11) is 0.354. The molecule has 0 aromatic heterocycles. The molecule has 21 heavy (non-hydrogen) atoms. The quantitative estimate of drug-likeness (QED) is 0.803. The molecule has 1 amide bonds. The molecule has 0 aliphatic heterocycles. The predicted molar refractivity (Wildman–Crippen MR) is 86.8 cm³/mol. The molecule has 1 rings (SSSR count). The van der Waals surface area contributed by atoms with Crippen LogP contribution in [0.3, 0.4) is 0 Å². The van der Waals surface area contributed by atoms with Crippen LogP contribution in [0, 0.1) is 0 Å². The molecular weight excluding hydrogens is 286 g/mol. The molecular formula is C16H25NO3S. The van der Waals surface area contributed by atoms with Crippen LogP contribution >= 0.6 is 0 Å². The van der Waals surface area contributed by atoms with Crippen LogP contribution in [-0.4, -0.2) is 28.5 Å². The lowest BCUT2D eigenvalue weighted by atomic mass is 10.2. The van der Waals surface area contributed by atoms with Crippen LogP contribution in [0.5, 0.6) is 5.75 Å². The Labute approximate surface area is 129 Å². The molecule has 3 atom stereocenters. The van der Waals surface area contributed by atoms with E-state index in [-0.39, 0.29) is 11.9 Å². The van der Waals surface area contributed by atoms with Gasteiger partial charge < -0.3 is 10.1 Å². The highest BCUT2D eigenvalue weighted by molar-refractivity contribution is 7.85. The van der Waals surface area contributed by atoms with Crippen LogP contribution < -0.4 is 10.1 Å². The first-order valence-electron chi connectivity index (χ1n) is 7.28. The summed E-state index contributed by atoms with van der Waals surface area (Å²) < 4.78 is 17.4. The van der Waals surface area contributed by atoms with E-state index in [1.165, 1.54) is 0 Å². The molecule has 0 spiro atoms. The monoisotopic (exact) mass is 311 g/mol. The molecule has 1 aromatic carbocycles. The highest BCUT2D eigenvalue weighted by Crippen LogP contribution is 2.15. The largest absolute Gasteiger partial charge is 0.497 e. The lowest BCUT2D eigenvalue weighted by Gasteiger charge is -2.17. The Morgan fingerprint density at radius 1 is 1.38 bits per heavy atom. The number of nitrogens with one attached hydrogen (secondary N) is 1. The SMILES string of the molecule is CCCC(C)NC(=O)C(C)S(=O)Cc1cccc(OC)c1. The van der Waals surface area contributed by atoms with Crippen molar-refractivity contribution in [2.75, 3.05) is 7.11 Å². The van der Waals surface area contributed by atoms with Gasteiger partial charge in [-0.15, -0.1) is 0 Å². The van der Waals surface area contributed by atoms with Gasteiger partial charge >= 0.3 is 0 Å². The van der Waals surface area contributed by atoms with Gasteiger partial charge in [-0.25, -0.2) is 0 Å². The topological polar surface area (TPSA) is 55.4 Å². The van der Waals surface area contributed by atoms with Crippen molar-refractivity contribution in [2.24, 2.45) is 0 Å². The van der Waals surface area contributed by atoms with Gasteiger partial charge in [0.1, 0.15) is 11.0 Å². The third-order valence-corrected chi connectivity index (χ3v) is 4.94. The van der Waals surface area contributed by atoms with Crippen LogP contribution in [0.2, 0.25) is 0 Å². The average molecular weight is 311 g/mol. The summed E-state index contributed by atoms with van der Waals surface area (Å²) in [6.45, 7) is 5.76. The van der Waals surface area contributed by atoms with Crippen molar-refractivity contribution in [2.45, 2.75) is 50.7 Å². The fourth-order valence-electron chi connectivity index (χ4n) is 2.04. The van der Waals surface area contributed by atoms with Crippen molar-refractivity contribution in [1.82, 2.24) is 5.32 Å². The molecule has 1 N–H and O–H groups in total. The summed E-state index contributed by atoms with van der Waals surface area (Å²) >= 11 is 0. The van der Waals surface area contributed by atoms with Gasteiger partial charge in [-0.1, -0.05) is 25.5 Å². The second-order valence-corrected chi connectivity index (χ2v) is 6.97. The predicted octanol–water partition coefficient (Wildman–Crippen LogP) is 2.64. The summed E-state index contributed by atoms with van der Waals surface area (Å²) in [6.07, 6.45) is 1.95. The van der Waals surface area contributed by atoms with Gasteiger partial charge in [0.05, 0.1) is 7.11 Å². The summed E-state index contributed by atoms with van der Waals surface area (Å²) in [5, 5.41) is 2.40. The Morgan fingerprint density at radius 3 is 2.71 bits per heavy atom. The molecule has 5 heteroatoms. The van der Waals surface area contributed by atoms with Crippen LogP contribution in [0.25, 0.3) is 0 Å². The van der Waals surface area contributed by atoms with Gasteiger partial charge in [0.15, 0.2) is 0 Å². The van der Waals surface area contributed by atoms with Crippen LogP contribution in [-0.2, 0) is 21.3 Å². The molecule has 0 bridgehead atoms. The van der Waals surface area contributed by atoms with Crippen molar-refractivity contribution in [1.29, 1.82) is 0 Å². The molecule has 0 saturated heterocycles. The zero-order valence-electron chi connectivity index (χ0n) is 13.2. The van der Waals surface area contributed by atoms with Crippen molar-refractivity contribution in [3.05, 3.63) is 29.8 Å². The normalized spacial score (nSPS) is 15.0. The van der Waals surface area contributed by atoms with E-state index in [1.54, 1.807) is 14.0 Å². The fraction of sp³-hybridized carbons (Fsp3) is 0.562. The number of hydrogen-bond acceptors (Lipinski definition) is 3. The zero-order valence-corrected chi connectivity index (χ0v) is 14.0. The van der Waals surface area contributed by atoms with Crippen molar-refractivity contribution < 1.29 is 13.7 Å². The van der Waals surface area contributed by atoms with E-state index in [0.717, 1.165) is 24.2 Å². The number of rotatable bonds is 8. The molecule has 1 aromatic rings. The lowest BCUT2D eigenvalue weighted by Crippen LogP contribution is -2.40. The minimum absolute atomic E-state index is 0.124.